The van der Waals surface area contributed by atoms with Gasteiger partial charge in [-0.05, 0) is 6.42 Å². The number of imidazole rings is 1. The predicted molar refractivity (Wildman–Crippen MR) is 82.9 cm³/mol. The maximum Gasteiger partial charge on any atom is 0.225 e. The molecule has 2 N–H and O–H groups in total. The minimum atomic E-state index is -0.00171. The van der Waals surface area contributed by atoms with E-state index in [9.17, 15) is 4.79 Å². The van der Waals surface area contributed by atoms with E-state index in [1.807, 2.05) is 0 Å². The molecule has 0 aliphatic carbocycles. The van der Waals surface area contributed by atoms with Crippen molar-refractivity contribution in [1.82, 2.24) is 19.9 Å². The number of nitrogens with one attached hydrogen (secondary N) is 2. The van der Waals surface area contributed by atoms with Gasteiger partial charge in [0.1, 0.15) is 11.8 Å². The first-order valence-corrected chi connectivity index (χ1v) is 7.75. The summed E-state index contributed by atoms with van der Waals surface area (Å²) < 4.78 is 0. The van der Waals surface area contributed by atoms with E-state index in [1.54, 1.807) is 6.33 Å². The monoisotopic (exact) mass is 289 g/mol. The van der Waals surface area contributed by atoms with E-state index in [0.29, 0.717) is 23.4 Å². The highest BCUT2D eigenvalue weighted by Gasteiger charge is 2.09. The molecule has 0 fully saturated rings. The molecule has 0 saturated carbocycles. The summed E-state index contributed by atoms with van der Waals surface area (Å²) in [5.41, 5.74) is 1.24. The second kappa shape index (κ2) is 8.34. The van der Waals surface area contributed by atoms with Gasteiger partial charge in [0.05, 0.1) is 6.33 Å². The Morgan fingerprint density at radius 1 is 1.10 bits per heavy atom. The third-order valence-electron chi connectivity index (χ3n) is 3.49. The van der Waals surface area contributed by atoms with Gasteiger partial charge in [-0.25, -0.2) is 15.0 Å². The molecule has 0 spiro atoms. The number of nitrogens with zero attached hydrogens (tertiary/aromatic N) is 3. The standard InChI is InChI=1S/C15H23N5O/c1-2-3-4-5-6-7-8-9-12(21)20-15-13-14(17-10-16-13)18-11-19-15/h10-11H,2-9H2,1H3,(H2,16,17,18,19,20,21). The highest BCUT2D eigenvalue weighted by atomic mass is 16.1. The van der Waals surface area contributed by atoms with Gasteiger partial charge in [-0.2, -0.15) is 0 Å². The fraction of sp³-hybridized carbons (Fsp3) is 0.600. The third-order valence-corrected chi connectivity index (χ3v) is 3.49. The number of aromatic amines is 1. The Hall–Kier alpha value is -1.98. The Labute approximate surface area is 124 Å². The number of amides is 1. The maximum absolute atomic E-state index is 11.9. The number of carbonyl (C=O) groups excluding carboxylic acids is 1. The van der Waals surface area contributed by atoms with Gasteiger partial charge in [-0.3, -0.25) is 4.79 Å². The summed E-state index contributed by atoms with van der Waals surface area (Å²) in [4.78, 5) is 27.0. The number of unbranched alkanes of at least 4 members (excludes halogenated alkanes) is 6. The van der Waals surface area contributed by atoms with Crippen LogP contribution in [0.4, 0.5) is 5.82 Å². The van der Waals surface area contributed by atoms with Crippen molar-refractivity contribution in [2.24, 2.45) is 0 Å². The molecule has 2 aromatic rings. The number of hydrogen-bond acceptors (Lipinski definition) is 4. The first-order chi connectivity index (χ1) is 10.3. The molecule has 2 aromatic heterocycles. The molecule has 0 unspecified atom stereocenters. The minimum absolute atomic E-state index is 0.00171. The Morgan fingerprint density at radius 2 is 1.86 bits per heavy atom. The van der Waals surface area contributed by atoms with Crippen LogP contribution in [-0.2, 0) is 4.79 Å². The lowest BCUT2D eigenvalue weighted by Gasteiger charge is -2.05. The van der Waals surface area contributed by atoms with Crippen LogP contribution >= 0.6 is 0 Å². The van der Waals surface area contributed by atoms with Crippen molar-refractivity contribution in [2.45, 2.75) is 58.3 Å². The van der Waals surface area contributed by atoms with Crippen LogP contribution in [0.5, 0.6) is 0 Å². The van der Waals surface area contributed by atoms with Crippen LogP contribution < -0.4 is 5.32 Å². The predicted octanol–water partition coefficient (Wildman–Crippen LogP) is 3.43. The lowest BCUT2D eigenvalue weighted by atomic mass is 10.1. The molecule has 0 bridgehead atoms. The maximum atomic E-state index is 11.9. The first kappa shape index (κ1) is 15.4. The van der Waals surface area contributed by atoms with E-state index in [4.69, 9.17) is 0 Å². The number of H-pyrrole nitrogens is 1. The molecule has 0 aliphatic heterocycles. The molecule has 0 aliphatic rings. The zero-order chi connectivity index (χ0) is 14.9. The van der Waals surface area contributed by atoms with Crippen LogP contribution in [0.15, 0.2) is 12.7 Å². The van der Waals surface area contributed by atoms with Gasteiger partial charge in [0.15, 0.2) is 11.5 Å². The summed E-state index contributed by atoms with van der Waals surface area (Å²) in [6.07, 6.45) is 11.9. The van der Waals surface area contributed by atoms with Crippen molar-refractivity contribution >= 4 is 22.9 Å². The van der Waals surface area contributed by atoms with Crippen LogP contribution in [0.2, 0.25) is 0 Å². The molecule has 1 amide bonds. The van der Waals surface area contributed by atoms with E-state index < -0.39 is 0 Å². The highest BCUT2D eigenvalue weighted by Crippen LogP contribution is 2.15. The molecule has 0 atom stereocenters. The van der Waals surface area contributed by atoms with Gasteiger partial charge < -0.3 is 10.3 Å². The Bertz CT molecular complexity index is 566. The van der Waals surface area contributed by atoms with Crippen molar-refractivity contribution < 1.29 is 4.79 Å². The summed E-state index contributed by atoms with van der Waals surface area (Å²) in [5, 5.41) is 2.82. The average molecular weight is 289 g/mol. The van der Waals surface area contributed by atoms with Gasteiger partial charge in [0.2, 0.25) is 5.91 Å². The fourth-order valence-electron chi connectivity index (χ4n) is 2.30. The Balaban J connectivity index is 1.69. The molecule has 6 heteroatoms. The summed E-state index contributed by atoms with van der Waals surface area (Å²) in [6, 6.07) is 0. The molecule has 114 valence electrons. The quantitative estimate of drug-likeness (QED) is 0.693. The Kier molecular flexibility index (Phi) is 6.12. The molecule has 2 heterocycles. The lowest BCUT2D eigenvalue weighted by Crippen LogP contribution is -2.12. The van der Waals surface area contributed by atoms with E-state index in [0.717, 1.165) is 12.8 Å². The number of fused-ring (bicyclic) bond motifs is 1. The summed E-state index contributed by atoms with van der Waals surface area (Å²) in [5.74, 6) is 0.503. The fourth-order valence-corrected chi connectivity index (χ4v) is 2.30. The van der Waals surface area contributed by atoms with Crippen LogP contribution in [0.3, 0.4) is 0 Å². The number of aromatic nitrogens is 4. The van der Waals surface area contributed by atoms with Gasteiger partial charge in [0, 0.05) is 6.42 Å². The van der Waals surface area contributed by atoms with Crippen LogP contribution in [0.25, 0.3) is 11.2 Å². The summed E-state index contributed by atoms with van der Waals surface area (Å²) in [6.45, 7) is 2.22. The molecular weight excluding hydrogens is 266 g/mol. The highest BCUT2D eigenvalue weighted by molar-refractivity contribution is 5.96. The van der Waals surface area contributed by atoms with Gasteiger partial charge in [0.25, 0.3) is 0 Å². The van der Waals surface area contributed by atoms with Crippen molar-refractivity contribution in [3.63, 3.8) is 0 Å². The molecule has 0 aromatic carbocycles. The van der Waals surface area contributed by atoms with Gasteiger partial charge in [-0.15, -0.1) is 0 Å². The van der Waals surface area contributed by atoms with Crippen LogP contribution in [-0.4, -0.2) is 25.8 Å². The van der Waals surface area contributed by atoms with E-state index in [1.165, 1.54) is 38.4 Å². The minimum Gasteiger partial charge on any atom is -0.340 e. The van der Waals surface area contributed by atoms with Gasteiger partial charge in [-0.1, -0.05) is 45.4 Å². The molecule has 2 rings (SSSR count). The average Bonchev–Trinajstić information content (AvgIpc) is 2.96. The third kappa shape index (κ3) is 4.81. The zero-order valence-electron chi connectivity index (χ0n) is 12.6. The summed E-state index contributed by atoms with van der Waals surface area (Å²) in [7, 11) is 0. The zero-order valence-corrected chi connectivity index (χ0v) is 12.6. The summed E-state index contributed by atoms with van der Waals surface area (Å²) >= 11 is 0. The van der Waals surface area contributed by atoms with Gasteiger partial charge >= 0.3 is 0 Å². The SMILES string of the molecule is CCCCCCCCCC(=O)Nc1ncnc2nc[nH]c12. The van der Waals surface area contributed by atoms with Crippen molar-refractivity contribution in [1.29, 1.82) is 0 Å². The second-order valence-corrected chi connectivity index (χ2v) is 5.24. The second-order valence-electron chi connectivity index (χ2n) is 5.24. The number of anilines is 1. The van der Waals surface area contributed by atoms with Crippen molar-refractivity contribution in [2.75, 3.05) is 5.32 Å². The topological polar surface area (TPSA) is 83.6 Å². The van der Waals surface area contributed by atoms with Crippen LogP contribution in [0.1, 0.15) is 58.3 Å². The van der Waals surface area contributed by atoms with Crippen LogP contribution in [0, 0.1) is 0 Å². The van der Waals surface area contributed by atoms with Crippen molar-refractivity contribution in [3.8, 4) is 0 Å². The molecule has 6 nitrogen and oxygen atoms in total. The Morgan fingerprint density at radius 3 is 2.67 bits per heavy atom. The van der Waals surface area contributed by atoms with E-state index in [2.05, 4.69) is 32.2 Å². The molecule has 0 radical (unpaired) electrons. The van der Waals surface area contributed by atoms with Crippen molar-refractivity contribution in [3.05, 3.63) is 12.7 Å². The number of carbonyl (C=O) groups is 1. The normalized spacial score (nSPS) is 10.9. The molecule has 21 heavy (non-hydrogen) atoms. The first-order valence-electron chi connectivity index (χ1n) is 7.75. The number of hydrogen-bond donors (Lipinski definition) is 2. The lowest BCUT2D eigenvalue weighted by molar-refractivity contribution is -0.116. The van der Waals surface area contributed by atoms with E-state index in [-0.39, 0.29) is 5.91 Å². The largest absolute Gasteiger partial charge is 0.340 e. The molecular formula is C15H23N5O. The smallest absolute Gasteiger partial charge is 0.225 e. The van der Waals surface area contributed by atoms with E-state index >= 15 is 0 Å². The number of rotatable bonds is 9. The molecule has 0 saturated heterocycles.